The van der Waals surface area contributed by atoms with Gasteiger partial charge in [-0.25, -0.2) is 4.68 Å². The van der Waals surface area contributed by atoms with Gasteiger partial charge in [0.05, 0.1) is 6.20 Å². The fourth-order valence-corrected chi connectivity index (χ4v) is 1.06. The smallest absolute Gasteiger partial charge is 0.205 e. The van der Waals surface area contributed by atoms with Crippen LogP contribution in [0.25, 0.3) is 0 Å². The van der Waals surface area contributed by atoms with Gasteiger partial charge in [-0.3, -0.25) is 4.79 Å². The van der Waals surface area contributed by atoms with Crippen molar-refractivity contribution in [1.82, 2.24) is 15.0 Å². The van der Waals surface area contributed by atoms with Crippen LogP contribution in [0.5, 0.6) is 0 Å². The van der Waals surface area contributed by atoms with Crippen molar-refractivity contribution < 1.29 is 4.79 Å². The van der Waals surface area contributed by atoms with Gasteiger partial charge in [-0.15, -0.1) is 5.10 Å². The van der Waals surface area contributed by atoms with Crippen molar-refractivity contribution in [2.45, 2.75) is 26.8 Å². The van der Waals surface area contributed by atoms with Gasteiger partial charge in [0.25, 0.3) is 0 Å². The molecule has 0 amide bonds. The van der Waals surface area contributed by atoms with E-state index in [1.807, 2.05) is 13.8 Å². The lowest BCUT2D eigenvalue weighted by molar-refractivity contribution is 0.103. The van der Waals surface area contributed by atoms with Crippen molar-refractivity contribution in [3.05, 3.63) is 24.0 Å². The van der Waals surface area contributed by atoms with Crippen LogP contribution < -0.4 is 0 Å². The minimum atomic E-state index is -0.0408. The third-order valence-corrected chi connectivity index (χ3v) is 1.62. The number of allylic oxidation sites excluding steroid dienone is 2. The first-order valence-corrected chi connectivity index (χ1v) is 4.35. The Labute approximate surface area is 77.3 Å². The molecule has 1 heterocycles. The number of ketones is 1. The van der Waals surface area contributed by atoms with E-state index in [2.05, 4.69) is 10.3 Å². The Balaban J connectivity index is 2.86. The standard InChI is InChI=1S/C9H13N3O/c1-3-5-9(13)8-7-10-11-12(8)6-4-2/h3,5,7H,4,6H2,1-2H3/b5-3+. The third kappa shape index (κ3) is 2.24. The van der Waals surface area contributed by atoms with Crippen LogP contribution in [0.1, 0.15) is 30.8 Å². The average Bonchev–Trinajstić information content (AvgIpc) is 2.54. The molecule has 0 unspecified atom stereocenters. The second-order valence-corrected chi connectivity index (χ2v) is 2.71. The summed E-state index contributed by atoms with van der Waals surface area (Å²) in [5, 5.41) is 7.52. The van der Waals surface area contributed by atoms with Crippen LogP contribution in [-0.2, 0) is 6.54 Å². The van der Waals surface area contributed by atoms with Gasteiger partial charge in [-0.1, -0.05) is 18.2 Å². The molecule has 0 bridgehead atoms. The van der Waals surface area contributed by atoms with Crippen LogP contribution in [0.3, 0.4) is 0 Å². The monoisotopic (exact) mass is 179 g/mol. The van der Waals surface area contributed by atoms with Crippen LogP contribution in [0.4, 0.5) is 0 Å². The van der Waals surface area contributed by atoms with Crippen LogP contribution in [0.2, 0.25) is 0 Å². The molecule has 1 rings (SSSR count). The molecule has 1 aromatic heterocycles. The maximum absolute atomic E-state index is 11.4. The SMILES string of the molecule is C/C=C/C(=O)c1cnnn1CCC. The maximum atomic E-state index is 11.4. The highest BCUT2D eigenvalue weighted by Gasteiger charge is 2.08. The molecule has 0 fully saturated rings. The Morgan fingerprint density at radius 2 is 2.46 bits per heavy atom. The second-order valence-electron chi connectivity index (χ2n) is 2.71. The van der Waals surface area contributed by atoms with Crippen molar-refractivity contribution in [1.29, 1.82) is 0 Å². The minimum absolute atomic E-state index is 0.0408. The molecule has 0 aliphatic rings. The van der Waals surface area contributed by atoms with E-state index >= 15 is 0 Å². The first kappa shape index (κ1) is 9.64. The summed E-state index contributed by atoms with van der Waals surface area (Å²) in [6.07, 6.45) is 5.67. The molecule has 4 nitrogen and oxygen atoms in total. The molecule has 0 aliphatic heterocycles. The molecule has 0 N–H and O–H groups in total. The van der Waals surface area contributed by atoms with Crippen LogP contribution in [0, 0.1) is 0 Å². The van der Waals surface area contributed by atoms with Gasteiger partial charge in [-0.05, 0) is 19.4 Å². The molecule has 0 atom stereocenters. The van der Waals surface area contributed by atoms with Crippen molar-refractivity contribution in [2.24, 2.45) is 0 Å². The van der Waals surface area contributed by atoms with E-state index in [4.69, 9.17) is 0 Å². The number of carbonyl (C=O) groups excluding carboxylic acids is 1. The first-order valence-electron chi connectivity index (χ1n) is 4.35. The number of aromatic nitrogens is 3. The molecular formula is C9H13N3O. The quantitative estimate of drug-likeness (QED) is 0.519. The zero-order chi connectivity index (χ0) is 9.68. The summed E-state index contributed by atoms with van der Waals surface area (Å²) in [5.74, 6) is -0.0408. The van der Waals surface area contributed by atoms with E-state index in [9.17, 15) is 4.79 Å². The number of hydrogen-bond donors (Lipinski definition) is 0. The molecule has 13 heavy (non-hydrogen) atoms. The summed E-state index contributed by atoms with van der Waals surface area (Å²) in [7, 11) is 0. The van der Waals surface area contributed by atoms with Gasteiger partial charge in [0.1, 0.15) is 5.69 Å². The topological polar surface area (TPSA) is 47.8 Å². The Kier molecular flexibility index (Phi) is 3.37. The van der Waals surface area contributed by atoms with Gasteiger partial charge in [0.2, 0.25) is 5.78 Å². The molecule has 4 heteroatoms. The molecule has 0 aliphatic carbocycles. The van der Waals surface area contributed by atoms with E-state index in [1.54, 1.807) is 10.8 Å². The molecule has 1 aromatic rings. The van der Waals surface area contributed by atoms with Gasteiger partial charge in [0, 0.05) is 6.54 Å². The molecule has 70 valence electrons. The Morgan fingerprint density at radius 3 is 3.08 bits per heavy atom. The summed E-state index contributed by atoms with van der Waals surface area (Å²) >= 11 is 0. The first-order chi connectivity index (χ1) is 6.29. The summed E-state index contributed by atoms with van der Waals surface area (Å²) in [6.45, 7) is 4.58. The minimum Gasteiger partial charge on any atom is -0.288 e. The molecule has 0 spiro atoms. The number of carbonyl (C=O) groups is 1. The summed E-state index contributed by atoms with van der Waals surface area (Å²) in [4.78, 5) is 11.4. The fraction of sp³-hybridized carbons (Fsp3) is 0.444. The van der Waals surface area contributed by atoms with Crippen LogP contribution in [-0.4, -0.2) is 20.8 Å². The van der Waals surface area contributed by atoms with Gasteiger partial charge >= 0.3 is 0 Å². The third-order valence-electron chi connectivity index (χ3n) is 1.62. The van der Waals surface area contributed by atoms with Crippen LogP contribution in [0.15, 0.2) is 18.3 Å². The maximum Gasteiger partial charge on any atom is 0.205 e. The predicted molar refractivity (Wildman–Crippen MR) is 49.5 cm³/mol. The van der Waals surface area contributed by atoms with E-state index < -0.39 is 0 Å². The molecule has 0 aromatic carbocycles. The average molecular weight is 179 g/mol. The predicted octanol–water partition coefficient (Wildman–Crippen LogP) is 1.45. The lowest BCUT2D eigenvalue weighted by Gasteiger charge is -1.99. The van der Waals surface area contributed by atoms with Gasteiger partial charge < -0.3 is 0 Å². The second kappa shape index (κ2) is 4.54. The van der Waals surface area contributed by atoms with E-state index in [0.29, 0.717) is 5.69 Å². The van der Waals surface area contributed by atoms with Crippen LogP contribution >= 0.6 is 0 Å². The molecule has 0 saturated carbocycles. The van der Waals surface area contributed by atoms with Gasteiger partial charge in [0.15, 0.2) is 0 Å². The van der Waals surface area contributed by atoms with Crippen molar-refractivity contribution >= 4 is 5.78 Å². The van der Waals surface area contributed by atoms with Crippen molar-refractivity contribution in [3.63, 3.8) is 0 Å². The number of rotatable bonds is 4. The highest BCUT2D eigenvalue weighted by atomic mass is 16.1. The van der Waals surface area contributed by atoms with E-state index in [-0.39, 0.29) is 5.78 Å². The summed E-state index contributed by atoms with van der Waals surface area (Å²) < 4.78 is 1.63. The lowest BCUT2D eigenvalue weighted by Crippen LogP contribution is -2.08. The molecular weight excluding hydrogens is 166 g/mol. The molecule has 0 radical (unpaired) electrons. The van der Waals surface area contributed by atoms with E-state index in [0.717, 1.165) is 13.0 Å². The Hall–Kier alpha value is -1.45. The van der Waals surface area contributed by atoms with Crippen molar-refractivity contribution in [2.75, 3.05) is 0 Å². The largest absolute Gasteiger partial charge is 0.288 e. The highest BCUT2D eigenvalue weighted by Crippen LogP contribution is 2.00. The number of aryl methyl sites for hydroxylation is 1. The number of nitrogens with zero attached hydrogens (tertiary/aromatic N) is 3. The fourth-order valence-electron chi connectivity index (χ4n) is 1.06. The Morgan fingerprint density at radius 1 is 1.69 bits per heavy atom. The number of hydrogen-bond acceptors (Lipinski definition) is 3. The zero-order valence-electron chi connectivity index (χ0n) is 7.90. The van der Waals surface area contributed by atoms with Gasteiger partial charge in [-0.2, -0.15) is 0 Å². The summed E-state index contributed by atoms with van der Waals surface area (Å²) in [6, 6.07) is 0. The Bertz CT molecular complexity index is 314. The van der Waals surface area contributed by atoms with Crippen molar-refractivity contribution in [3.8, 4) is 0 Å². The molecule has 0 saturated heterocycles. The lowest BCUT2D eigenvalue weighted by atomic mass is 10.3. The normalized spacial score (nSPS) is 10.9. The zero-order valence-corrected chi connectivity index (χ0v) is 7.90. The van der Waals surface area contributed by atoms with E-state index in [1.165, 1.54) is 12.3 Å². The highest BCUT2D eigenvalue weighted by molar-refractivity contribution is 6.02. The summed E-state index contributed by atoms with van der Waals surface area (Å²) in [5.41, 5.74) is 0.556.